The molecule has 1 aromatic heterocycles. The summed E-state index contributed by atoms with van der Waals surface area (Å²) < 4.78 is 0. The maximum atomic E-state index is 4.70. The number of aryl methyl sites for hydroxylation is 1. The zero-order valence-electron chi connectivity index (χ0n) is 9.37. The number of hydrogen-bond acceptors (Lipinski definition) is 2. The maximum Gasteiger partial charge on any atom is 0.0480 e. The van der Waals surface area contributed by atoms with Crippen molar-refractivity contribution < 1.29 is 0 Å². The van der Waals surface area contributed by atoms with Crippen LogP contribution in [0.1, 0.15) is 42.5 Å². The quantitative estimate of drug-likeness (QED) is 0.695. The highest BCUT2D eigenvalue weighted by Gasteiger charge is 2.28. The minimum absolute atomic E-state index is 0.740. The first-order chi connectivity index (χ1) is 7.36. The fourth-order valence-corrected chi connectivity index (χ4v) is 2.86. The van der Waals surface area contributed by atoms with Gasteiger partial charge in [0.05, 0.1) is 0 Å². The fourth-order valence-electron chi connectivity index (χ4n) is 2.86. The summed E-state index contributed by atoms with van der Waals surface area (Å²) in [6, 6.07) is 2.37. The Morgan fingerprint density at radius 1 is 1.40 bits per heavy atom. The van der Waals surface area contributed by atoms with Gasteiger partial charge in [-0.3, -0.25) is 9.88 Å². The fraction of sp³-hybridized carbons (Fsp3) is 0.615. The van der Waals surface area contributed by atoms with Crippen LogP contribution in [0.15, 0.2) is 12.3 Å². The van der Waals surface area contributed by atoms with E-state index in [1.165, 1.54) is 42.8 Å². The Bertz CT molecular complexity index is 365. The van der Waals surface area contributed by atoms with E-state index < -0.39 is 0 Å². The van der Waals surface area contributed by atoms with Gasteiger partial charge in [-0.2, -0.15) is 0 Å². The number of fused-ring (bicyclic) bond motifs is 2. The van der Waals surface area contributed by atoms with E-state index in [1.54, 1.807) is 0 Å². The van der Waals surface area contributed by atoms with Gasteiger partial charge in [-0.1, -0.05) is 13.0 Å². The van der Waals surface area contributed by atoms with Gasteiger partial charge in [-0.05, 0) is 43.5 Å². The maximum absolute atomic E-state index is 4.70. The summed E-state index contributed by atoms with van der Waals surface area (Å²) in [5, 5.41) is 0. The summed E-state index contributed by atoms with van der Waals surface area (Å²) in [5.41, 5.74) is 4.28. The molecule has 1 aromatic rings. The third kappa shape index (κ3) is 1.57. The highest BCUT2D eigenvalue weighted by molar-refractivity contribution is 5.30. The summed E-state index contributed by atoms with van der Waals surface area (Å²) in [6.07, 6.45) is 5.80. The van der Waals surface area contributed by atoms with Crippen LogP contribution in [0, 0.1) is 0 Å². The molecular formula is C13H18N2. The molecule has 1 saturated heterocycles. The second-order valence-corrected chi connectivity index (χ2v) is 4.79. The van der Waals surface area contributed by atoms with Gasteiger partial charge in [-0.25, -0.2) is 0 Å². The summed E-state index contributed by atoms with van der Waals surface area (Å²) >= 11 is 0. The van der Waals surface area contributed by atoms with E-state index in [1.807, 2.05) is 0 Å². The molecule has 2 nitrogen and oxygen atoms in total. The summed E-state index contributed by atoms with van der Waals surface area (Å²) in [5.74, 6) is 0.740. The summed E-state index contributed by atoms with van der Waals surface area (Å²) in [4.78, 5) is 7.28. The average Bonchev–Trinajstić information content (AvgIpc) is 2.57. The van der Waals surface area contributed by atoms with Crippen LogP contribution in [0.4, 0.5) is 0 Å². The largest absolute Gasteiger partial charge is 0.299 e. The second-order valence-electron chi connectivity index (χ2n) is 4.79. The minimum Gasteiger partial charge on any atom is -0.299 e. The van der Waals surface area contributed by atoms with Crippen molar-refractivity contribution in [1.29, 1.82) is 0 Å². The van der Waals surface area contributed by atoms with Gasteiger partial charge in [-0.15, -0.1) is 0 Å². The number of rotatable bonds is 1. The van der Waals surface area contributed by atoms with E-state index in [0.717, 1.165) is 18.9 Å². The van der Waals surface area contributed by atoms with Gasteiger partial charge in [0.25, 0.3) is 0 Å². The minimum atomic E-state index is 0.740. The van der Waals surface area contributed by atoms with Crippen molar-refractivity contribution in [3.05, 3.63) is 29.1 Å². The van der Waals surface area contributed by atoms with Crippen molar-refractivity contribution in [2.24, 2.45) is 0 Å². The van der Waals surface area contributed by atoms with Crippen LogP contribution < -0.4 is 0 Å². The van der Waals surface area contributed by atoms with Crippen molar-refractivity contribution in [3.8, 4) is 0 Å². The van der Waals surface area contributed by atoms with Crippen LogP contribution >= 0.6 is 0 Å². The second kappa shape index (κ2) is 3.60. The number of pyridine rings is 1. The lowest BCUT2D eigenvalue weighted by Gasteiger charge is -2.26. The Kier molecular flexibility index (Phi) is 2.24. The van der Waals surface area contributed by atoms with Crippen LogP contribution in [0.5, 0.6) is 0 Å². The molecule has 1 fully saturated rings. The lowest BCUT2D eigenvalue weighted by molar-refractivity contribution is 0.220. The van der Waals surface area contributed by atoms with Crippen LogP contribution in [0.2, 0.25) is 0 Å². The Morgan fingerprint density at radius 2 is 2.20 bits per heavy atom. The molecule has 0 aliphatic carbocycles. The molecule has 2 bridgehead atoms. The van der Waals surface area contributed by atoms with Crippen molar-refractivity contribution in [2.75, 3.05) is 13.1 Å². The normalized spacial score (nSPS) is 28.6. The van der Waals surface area contributed by atoms with E-state index in [4.69, 9.17) is 4.98 Å². The first kappa shape index (κ1) is 9.34. The predicted molar refractivity (Wildman–Crippen MR) is 60.9 cm³/mol. The van der Waals surface area contributed by atoms with Gasteiger partial charge < -0.3 is 0 Å². The molecule has 0 radical (unpaired) electrons. The van der Waals surface area contributed by atoms with Gasteiger partial charge in [0.2, 0.25) is 0 Å². The van der Waals surface area contributed by atoms with Gasteiger partial charge in [0.15, 0.2) is 0 Å². The average molecular weight is 202 g/mol. The third-order valence-corrected chi connectivity index (χ3v) is 3.83. The van der Waals surface area contributed by atoms with Crippen molar-refractivity contribution in [3.63, 3.8) is 0 Å². The third-order valence-electron chi connectivity index (χ3n) is 3.83. The van der Waals surface area contributed by atoms with Crippen LogP contribution in [0.25, 0.3) is 0 Å². The molecule has 3 aliphatic rings. The molecule has 0 aromatic carbocycles. The molecule has 0 unspecified atom stereocenters. The van der Waals surface area contributed by atoms with Crippen LogP contribution in [-0.4, -0.2) is 23.0 Å². The van der Waals surface area contributed by atoms with E-state index in [0.29, 0.717) is 0 Å². The highest BCUT2D eigenvalue weighted by atomic mass is 15.1. The SMILES string of the molecule is CCc1cnc2c(c1)CN1CCC2CC1. The number of nitrogens with zero attached hydrogens (tertiary/aromatic N) is 2. The molecule has 3 aliphatic heterocycles. The zero-order valence-corrected chi connectivity index (χ0v) is 9.37. The number of hydrogen-bond donors (Lipinski definition) is 0. The molecule has 4 rings (SSSR count). The summed E-state index contributed by atoms with van der Waals surface area (Å²) in [7, 11) is 0. The number of aromatic nitrogens is 1. The topological polar surface area (TPSA) is 16.1 Å². The van der Waals surface area contributed by atoms with Crippen molar-refractivity contribution in [2.45, 2.75) is 38.6 Å². The predicted octanol–water partition coefficient (Wildman–Crippen LogP) is 2.34. The molecule has 2 heteroatoms. The molecule has 4 heterocycles. The Balaban J connectivity index is 2.05. The highest BCUT2D eigenvalue weighted by Crippen LogP contribution is 2.34. The van der Waals surface area contributed by atoms with E-state index in [2.05, 4.69) is 24.1 Å². The van der Waals surface area contributed by atoms with Gasteiger partial charge >= 0.3 is 0 Å². The first-order valence-electron chi connectivity index (χ1n) is 6.07. The zero-order chi connectivity index (χ0) is 10.3. The number of piperidine rings is 1. The Morgan fingerprint density at radius 3 is 2.93 bits per heavy atom. The Labute approximate surface area is 91.3 Å². The van der Waals surface area contributed by atoms with Crippen LogP contribution in [-0.2, 0) is 13.0 Å². The van der Waals surface area contributed by atoms with Crippen molar-refractivity contribution in [1.82, 2.24) is 9.88 Å². The van der Waals surface area contributed by atoms with Crippen molar-refractivity contribution >= 4 is 0 Å². The lowest BCUT2D eigenvalue weighted by Crippen LogP contribution is -2.28. The van der Waals surface area contributed by atoms with E-state index >= 15 is 0 Å². The molecule has 0 N–H and O–H groups in total. The molecule has 0 saturated carbocycles. The first-order valence-corrected chi connectivity index (χ1v) is 6.07. The van der Waals surface area contributed by atoms with E-state index in [-0.39, 0.29) is 0 Å². The van der Waals surface area contributed by atoms with Gasteiger partial charge in [0, 0.05) is 24.4 Å². The molecular weight excluding hydrogens is 184 g/mol. The molecule has 15 heavy (non-hydrogen) atoms. The standard InChI is InChI=1S/C13H18N2/c1-2-10-7-12-9-15-5-3-11(4-6-15)13(12)14-8-10/h7-8,11H,2-6,9H2,1H3. The molecule has 0 spiro atoms. The van der Waals surface area contributed by atoms with Crippen LogP contribution in [0.3, 0.4) is 0 Å². The monoisotopic (exact) mass is 202 g/mol. The van der Waals surface area contributed by atoms with Gasteiger partial charge in [0.1, 0.15) is 0 Å². The molecule has 0 atom stereocenters. The smallest absolute Gasteiger partial charge is 0.0480 e. The molecule has 80 valence electrons. The Hall–Kier alpha value is -0.890. The molecule has 0 amide bonds. The summed E-state index contributed by atoms with van der Waals surface area (Å²) in [6.45, 7) is 5.87. The van der Waals surface area contributed by atoms with E-state index in [9.17, 15) is 0 Å². The lowest BCUT2D eigenvalue weighted by atomic mass is 9.93.